The second kappa shape index (κ2) is 9.33. The van der Waals surface area contributed by atoms with Crippen LogP contribution in [0.1, 0.15) is 46.9 Å². The van der Waals surface area contributed by atoms with E-state index in [0.29, 0.717) is 32.0 Å². The molecule has 0 aliphatic carbocycles. The number of nitrogens with one attached hydrogen (secondary N) is 1. The molecule has 1 aromatic heterocycles. The second-order valence-electron chi connectivity index (χ2n) is 7.54. The summed E-state index contributed by atoms with van der Waals surface area (Å²) in [6.07, 6.45) is 4.67. The molecule has 29 heavy (non-hydrogen) atoms. The largest absolute Gasteiger partial charge is 0.377 e. The summed E-state index contributed by atoms with van der Waals surface area (Å²) in [6.45, 7) is 6.17. The predicted octanol–water partition coefficient (Wildman–Crippen LogP) is 2.48. The Bertz CT molecular complexity index is 840. The van der Waals surface area contributed by atoms with Gasteiger partial charge in [0.1, 0.15) is 0 Å². The summed E-state index contributed by atoms with van der Waals surface area (Å²) in [6, 6.07) is 7.70. The molecule has 0 radical (unpaired) electrons. The minimum Gasteiger partial charge on any atom is -0.377 e. The van der Waals surface area contributed by atoms with Gasteiger partial charge in [-0.3, -0.25) is 4.79 Å². The number of nitrogens with zero attached hydrogens (tertiary/aromatic N) is 3. The number of anilines is 1. The van der Waals surface area contributed by atoms with E-state index in [2.05, 4.69) is 15.2 Å². The van der Waals surface area contributed by atoms with Crippen molar-refractivity contribution in [2.45, 2.75) is 45.4 Å². The zero-order valence-corrected chi connectivity index (χ0v) is 16.9. The van der Waals surface area contributed by atoms with E-state index in [4.69, 9.17) is 14.5 Å². The molecule has 0 saturated carbocycles. The number of rotatable bonds is 6. The number of hydrogen-bond acceptors (Lipinski definition) is 6. The zero-order chi connectivity index (χ0) is 20.1. The fourth-order valence-electron chi connectivity index (χ4n) is 3.79. The number of benzene rings is 1. The molecule has 1 aromatic carbocycles. The molecule has 1 atom stereocenters. The third-order valence-electron chi connectivity index (χ3n) is 5.41. The van der Waals surface area contributed by atoms with E-state index >= 15 is 0 Å². The van der Waals surface area contributed by atoms with Crippen LogP contribution in [0, 0.1) is 0 Å². The fourth-order valence-corrected chi connectivity index (χ4v) is 3.79. The zero-order valence-electron chi connectivity index (χ0n) is 16.9. The highest BCUT2D eigenvalue weighted by Gasteiger charge is 2.24. The van der Waals surface area contributed by atoms with Gasteiger partial charge in [-0.2, -0.15) is 0 Å². The molecular formula is C22H28N4O3. The Morgan fingerprint density at radius 1 is 1.34 bits per heavy atom. The van der Waals surface area contributed by atoms with Crippen molar-refractivity contribution in [3.05, 3.63) is 52.8 Å². The third kappa shape index (κ3) is 4.92. The molecule has 7 nitrogen and oxygen atoms in total. The molecular weight excluding hydrogens is 368 g/mol. The van der Waals surface area contributed by atoms with Crippen molar-refractivity contribution in [2.75, 3.05) is 31.2 Å². The van der Waals surface area contributed by atoms with Crippen molar-refractivity contribution in [1.29, 1.82) is 0 Å². The highest BCUT2D eigenvalue weighted by molar-refractivity contribution is 5.94. The Morgan fingerprint density at radius 3 is 3.03 bits per heavy atom. The number of piperidine rings is 1. The molecule has 1 fully saturated rings. The molecule has 0 spiro atoms. The monoisotopic (exact) mass is 396 g/mol. The lowest BCUT2D eigenvalue weighted by Crippen LogP contribution is -2.48. The summed E-state index contributed by atoms with van der Waals surface area (Å²) in [7, 11) is 0. The number of carbonyl (C=O) groups is 1. The van der Waals surface area contributed by atoms with Gasteiger partial charge in [0.25, 0.3) is 5.91 Å². The Morgan fingerprint density at radius 2 is 2.21 bits per heavy atom. The maximum atomic E-state index is 12.7. The van der Waals surface area contributed by atoms with E-state index in [1.807, 2.05) is 37.4 Å². The van der Waals surface area contributed by atoms with Crippen LogP contribution in [-0.2, 0) is 29.1 Å². The van der Waals surface area contributed by atoms with Gasteiger partial charge in [0.05, 0.1) is 25.5 Å². The van der Waals surface area contributed by atoms with Crippen LogP contribution in [-0.4, -0.2) is 48.2 Å². The number of aromatic nitrogens is 2. The molecule has 2 aliphatic heterocycles. The summed E-state index contributed by atoms with van der Waals surface area (Å²) in [5.41, 5.74) is 3.91. The lowest BCUT2D eigenvalue weighted by molar-refractivity contribution is 0.0932. The van der Waals surface area contributed by atoms with Crippen LogP contribution in [0.2, 0.25) is 0 Å². The summed E-state index contributed by atoms with van der Waals surface area (Å²) in [5, 5.41) is 3.17. The smallest absolute Gasteiger partial charge is 0.251 e. The third-order valence-corrected chi connectivity index (χ3v) is 5.41. The van der Waals surface area contributed by atoms with Crippen LogP contribution in [0.3, 0.4) is 0 Å². The van der Waals surface area contributed by atoms with E-state index in [-0.39, 0.29) is 11.9 Å². The van der Waals surface area contributed by atoms with Gasteiger partial charge in [-0.25, -0.2) is 9.97 Å². The molecule has 2 aliphatic rings. The van der Waals surface area contributed by atoms with Crippen molar-refractivity contribution in [1.82, 2.24) is 15.3 Å². The molecule has 1 N–H and O–H groups in total. The highest BCUT2D eigenvalue weighted by Crippen LogP contribution is 2.20. The van der Waals surface area contributed by atoms with Gasteiger partial charge in [-0.1, -0.05) is 12.1 Å². The highest BCUT2D eigenvalue weighted by atomic mass is 16.5. The topological polar surface area (TPSA) is 76.6 Å². The van der Waals surface area contributed by atoms with Gasteiger partial charge in [0, 0.05) is 49.5 Å². The molecule has 7 heteroatoms. The Balaban J connectivity index is 1.36. The summed E-state index contributed by atoms with van der Waals surface area (Å²) < 4.78 is 10.9. The SMILES string of the molecule is CCOCc1ccc(C(=O)NC2CCCN(c3ncc4c(n3)CCOC4)C2)cc1. The average Bonchev–Trinajstić information content (AvgIpc) is 2.78. The lowest BCUT2D eigenvalue weighted by atomic mass is 10.0. The van der Waals surface area contributed by atoms with E-state index < -0.39 is 0 Å². The van der Waals surface area contributed by atoms with E-state index in [1.165, 1.54) is 0 Å². The van der Waals surface area contributed by atoms with Crippen molar-refractivity contribution in [3.63, 3.8) is 0 Å². The molecule has 1 unspecified atom stereocenters. The molecule has 3 heterocycles. The number of hydrogen-bond donors (Lipinski definition) is 1. The number of fused-ring (bicyclic) bond motifs is 1. The summed E-state index contributed by atoms with van der Waals surface area (Å²) in [4.78, 5) is 24.1. The standard InChI is InChI=1S/C22H28N4O3/c1-2-28-14-16-5-7-17(8-6-16)21(27)24-19-4-3-10-26(13-19)22-23-12-18-15-29-11-9-20(18)25-22/h5-8,12,19H,2-4,9-11,13-15H2,1H3,(H,24,27). The van der Waals surface area contributed by atoms with Crippen LogP contribution in [0.4, 0.5) is 5.95 Å². The Kier molecular flexibility index (Phi) is 6.36. The van der Waals surface area contributed by atoms with E-state index in [9.17, 15) is 4.79 Å². The van der Waals surface area contributed by atoms with Gasteiger partial charge < -0.3 is 19.7 Å². The van der Waals surface area contributed by atoms with Crippen molar-refractivity contribution < 1.29 is 14.3 Å². The lowest BCUT2D eigenvalue weighted by Gasteiger charge is -2.33. The first-order valence-corrected chi connectivity index (χ1v) is 10.4. The summed E-state index contributed by atoms with van der Waals surface area (Å²) >= 11 is 0. The van der Waals surface area contributed by atoms with Crippen molar-refractivity contribution in [2.24, 2.45) is 0 Å². The van der Waals surface area contributed by atoms with Crippen molar-refractivity contribution in [3.8, 4) is 0 Å². The van der Waals surface area contributed by atoms with E-state index in [0.717, 1.165) is 55.1 Å². The number of carbonyl (C=O) groups excluding carboxylic acids is 1. The first-order valence-electron chi connectivity index (χ1n) is 10.4. The minimum atomic E-state index is -0.0386. The molecule has 2 aromatic rings. The van der Waals surface area contributed by atoms with Crippen LogP contribution in [0.25, 0.3) is 0 Å². The molecule has 1 amide bonds. The number of ether oxygens (including phenoxy) is 2. The maximum Gasteiger partial charge on any atom is 0.251 e. The van der Waals surface area contributed by atoms with Crippen LogP contribution in [0.5, 0.6) is 0 Å². The van der Waals surface area contributed by atoms with Gasteiger partial charge in [0.15, 0.2) is 0 Å². The second-order valence-corrected chi connectivity index (χ2v) is 7.54. The normalized spacial score (nSPS) is 18.9. The molecule has 4 rings (SSSR count). The average molecular weight is 396 g/mol. The van der Waals surface area contributed by atoms with Gasteiger partial charge in [-0.15, -0.1) is 0 Å². The summed E-state index contributed by atoms with van der Waals surface area (Å²) in [5.74, 6) is 0.716. The van der Waals surface area contributed by atoms with Gasteiger partial charge in [-0.05, 0) is 37.5 Å². The van der Waals surface area contributed by atoms with Crippen LogP contribution in [0.15, 0.2) is 30.5 Å². The minimum absolute atomic E-state index is 0.0386. The van der Waals surface area contributed by atoms with Crippen LogP contribution >= 0.6 is 0 Å². The molecule has 1 saturated heterocycles. The van der Waals surface area contributed by atoms with E-state index in [1.54, 1.807) is 0 Å². The molecule has 0 bridgehead atoms. The van der Waals surface area contributed by atoms with Crippen LogP contribution < -0.4 is 10.2 Å². The number of amides is 1. The maximum absolute atomic E-state index is 12.7. The first-order chi connectivity index (χ1) is 14.2. The van der Waals surface area contributed by atoms with Gasteiger partial charge in [0.2, 0.25) is 5.95 Å². The first kappa shape index (κ1) is 19.8. The fraction of sp³-hybridized carbons (Fsp3) is 0.500. The predicted molar refractivity (Wildman–Crippen MR) is 110 cm³/mol. The Labute approximate surface area is 171 Å². The molecule has 154 valence electrons. The Hall–Kier alpha value is -2.51. The quantitative estimate of drug-likeness (QED) is 0.808. The van der Waals surface area contributed by atoms with Crippen molar-refractivity contribution >= 4 is 11.9 Å². The van der Waals surface area contributed by atoms with Gasteiger partial charge >= 0.3 is 0 Å².